The van der Waals surface area contributed by atoms with E-state index < -0.39 is 11.8 Å². The molecule has 0 amide bonds. The summed E-state index contributed by atoms with van der Waals surface area (Å²) in [5.74, 6) is -1.58. The molecule has 0 bridgehead atoms. The van der Waals surface area contributed by atoms with Gasteiger partial charge in [-0.25, -0.2) is 19.2 Å². The van der Waals surface area contributed by atoms with Crippen LogP contribution in [-0.4, -0.2) is 21.0 Å². The first kappa shape index (κ1) is 10.2. The zero-order chi connectivity index (χ0) is 11.5. The molecule has 0 radical (unpaired) electrons. The second-order valence-corrected chi connectivity index (χ2v) is 3.05. The smallest absolute Gasteiger partial charge is 0.354 e. The summed E-state index contributed by atoms with van der Waals surface area (Å²) in [6, 6.07) is 7.20. The average Bonchev–Trinajstić information content (AvgIpc) is 2.30. The van der Waals surface area contributed by atoms with Crippen LogP contribution in [0.25, 0.3) is 11.4 Å². The van der Waals surface area contributed by atoms with E-state index in [4.69, 9.17) is 5.11 Å². The van der Waals surface area contributed by atoms with Gasteiger partial charge in [0.15, 0.2) is 11.5 Å². The average molecular weight is 218 g/mol. The molecule has 0 unspecified atom stereocenters. The molecule has 5 heteroatoms. The molecule has 80 valence electrons. The molecule has 0 atom stereocenters. The number of aromatic carboxylic acids is 1. The monoisotopic (exact) mass is 218 g/mol. The van der Waals surface area contributed by atoms with Crippen LogP contribution in [0.15, 0.2) is 36.5 Å². The number of hydrogen-bond donors (Lipinski definition) is 1. The van der Waals surface area contributed by atoms with Crippen molar-refractivity contribution >= 4 is 5.97 Å². The summed E-state index contributed by atoms with van der Waals surface area (Å²) in [7, 11) is 0. The first-order valence-corrected chi connectivity index (χ1v) is 4.50. The van der Waals surface area contributed by atoms with Crippen molar-refractivity contribution in [2.45, 2.75) is 0 Å². The Balaban J connectivity index is 2.53. The molecule has 1 heterocycles. The van der Waals surface area contributed by atoms with Gasteiger partial charge < -0.3 is 5.11 Å². The zero-order valence-electron chi connectivity index (χ0n) is 8.09. The first-order chi connectivity index (χ1) is 7.68. The van der Waals surface area contributed by atoms with Gasteiger partial charge in [-0.05, 0) is 18.2 Å². The highest BCUT2D eigenvalue weighted by molar-refractivity contribution is 5.85. The number of carboxylic acids is 1. The van der Waals surface area contributed by atoms with E-state index in [-0.39, 0.29) is 17.1 Å². The van der Waals surface area contributed by atoms with E-state index in [0.29, 0.717) is 0 Å². The summed E-state index contributed by atoms with van der Waals surface area (Å²) in [5.41, 5.74) is 0.0267. The number of rotatable bonds is 2. The molecule has 0 spiro atoms. The molecule has 0 saturated carbocycles. The highest BCUT2D eigenvalue weighted by Gasteiger charge is 2.10. The number of carbonyl (C=O) groups is 1. The van der Waals surface area contributed by atoms with Crippen molar-refractivity contribution in [2.75, 3.05) is 0 Å². The highest BCUT2D eigenvalue weighted by Crippen LogP contribution is 2.18. The van der Waals surface area contributed by atoms with Crippen molar-refractivity contribution in [1.82, 2.24) is 9.97 Å². The van der Waals surface area contributed by atoms with E-state index >= 15 is 0 Å². The van der Waals surface area contributed by atoms with Gasteiger partial charge >= 0.3 is 5.97 Å². The van der Waals surface area contributed by atoms with E-state index in [0.717, 1.165) is 0 Å². The van der Waals surface area contributed by atoms with Crippen LogP contribution >= 0.6 is 0 Å². The van der Waals surface area contributed by atoms with E-state index in [1.807, 2.05) is 0 Å². The van der Waals surface area contributed by atoms with Gasteiger partial charge in [-0.15, -0.1) is 0 Å². The largest absolute Gasteiger partial charge is 0.477 e. The normalized spacial score (nSPS) is 10.1. The summed E-state index contributed by atoms with van der Waals surface area (Å²) >= 11 is 0. The van der Waals surface area contributed by atoms with Crippen LogP contribution in [0, 0.1) is 5.82 Å². The minimum atomic E-state index is -1.17. The van der Waals surface area contributed by atoms with Gasteiger partial charge in [0.25, 0.3) is 0 Å². The van der Waals surface area contributed by atoms with Crippen molar-refractivity contribution in [3.05, 3.63) is 48.0 Å². The quantitative estimate of drug-likeness (QED) is 0.837. The maximum atomic E-state index is 13.4. The summed E-state index contributed by atoms with van der Waals surface area (Å²) < 4.78 is 13.4. The number of halogens is 1. The second-order valence-electron chi connectivity index (χ2n) is 3.05. The summed E-state index contributed by atoms with van der Waals surface area (Å²) in [4.78, 5) is 18.3. The Bertz CT molecular complexity index is 543. The van der Waals surface area contributed by atoms with Gasteiger partial charge in [0, 0.05) is 6.20 Å². The van der Waals surface area contributed by atoms with Gasteiger partial charge in [-0.2, -0.15) is 0 Å². The van der Waals surface area contributed by atoms with Gasteiger partial charge in [0.05, 0.1) is 5.56 Å². The molecular formula is C11H7FN2O2. The Morgan fingerprint density at radius 2 is 2.00 bits per heavy atom. The Morgan fingerprint density at radius 1 is 1.25 bits per heavy atom. The van der Waals surface area contributed by atoms with Crippen molar-refractivity contribution in [3.63, 3.8) is 0 Å². The standard InChI is InChI=1S/C11H7FN2O2/c12-8-4-2-1-3-7(8)10-13-6-5-9(14-10)11(15)16/h1-6H,(H,15,16). The Morgan fingerprint density at radius 3 is 2.69 bits per heavy atom. The lowest BCUT2D eigenvalue weighted by atomic mass is 10.2. The van der Waals surface area contributed by atoms with Crippen LogP contribution in [0.2, 0.25) is 0 Å². The van der Waals surface area contributed by atoms with Gasteiger partial charge in [-0.3, -0.25) is 0 Å². The van der Waals surface area contributed by atoms with Crippen LogP contribution < -0.4 is 0 Å². The molecule has 2 rings (SSSR count). The topological polar surface area (TPSA) is 63.1 Å². The Kier molecular flexibility index (Phi) is 2.59. The van der Waals surface area contributed by atoms with Crippen LogP contribution in [0.3, 0.4) is 0 Å². The van der Waals surface area contributed by atoms with E-state index in [1.54, 1.807) is 12.1 Å². The molecule has 2 aromatic rings. The lowest BCUT2D eigenvalue weighted by Crippen LogP contribution is -2.02. The summed E-state index contributed by atoms with van der Waals surface area (Å²) in [5, 5.41) is 8.74. The van der Waals surface area contributed by atoms with Crippen LogP contribution in [0.5, 0.6) is 0 Å². The second kappa shape index (κ2) is 4.06. The van der Waals surface area contributed by atoms with Crippen LogP contribution in [0.1, 0.15) is 10.5 Å². The van der Waals surface area contributed by atoms with Gasteiger partial charge in [0.1, 0.15) is 5.82 Å². The molecule has 1 aromatic carbocycles. The molecular weight excluding hydrogens is 211 g/mol. The van der Waals surface area contributed by atoms with Crippen molar-refractivity contribution in [3.8, 4) is 11.4 Å². The minimum Gasteiger partial charge on any atom is -0.477 e. The molecule has 0 aliphatic carbocycles. The predicted octanol–water partition coefficient (Wildman–Crippen LogP) is 1.98. The van der Waals surface area contributed by atoms with Gasteiger partial charge in [-0.1, -0.05) is 12.1 Å². The Hall–Kier alpha value is -2.30. The van der Waals surface area contributed by atoms with E-state index in [1.165, 1.54) is 24.4 Å². The zero-order valence-corrected chi connectivity index (χ0v) is 8.09. The van der Waals surface area contributed by atoms with Crippen LogP contribution in [-0.2, 0) is 0 Å². The fourth-order valence-electron chi connectivity index (χ4n) is 1.25. The maximum absolute atomic E-state index is 13.4. The van der Waals surface area contributed by atoms with Crippen molar-refractivity contribution in [2.24, 2.45) is 0 Å². The molecule has 0 aliphatic heterocycles. The SMILES string of the molecule is O=C(O)c1ccnc(-c2ccccc2F)n1. The fraction of sp³-hybridized carbons (Fsp3) is 0. The highest BCUT2D eigenvalue weighted by atomic mass is 19.1. The molecule has 0 aliphatic rings. The molecule has 16 heavy (non-hydrogen) atoms. The van der Waals surface area contributed by atoms with E-state index in [2.05, 4.69) is 9.97 Å². The number of benzene rings is 1. The number of aromatic nitrogens is 2. The molecule has 0 saturated heterocycles. The summed E-state index contributed by atoms with van der Waals surface area (Å²) in [6.07, 6.45) is 1.29. The lowest BCUT2D eigenvalue weighted by Gasteiger charge is -2.01. The summed E-state index contributed by atoms with van der Waals surface area (Å²) in [6.45, 7) is 0. The number of hydrogen-bond acceptors (Lipinski definition) is 3. The molecule has 1 N–H and O–H groups in total. The third-order valence-corrected chi connectivity index (χ3v) is 1.99. The molecule has 1 aromatic heterocycles. The minimum absolute atomic E-state index is 0.0676. The third kappa shape index (κ3) is 1.88. The predicted molar refractivity (Wildman–Crippen MR) is 54.4 cm³/mol. The molecule has 4 nitrogen and oxygen atoms in total. The fourth-order valence-corrected chi connectivity index (χ4v) is 1.25. The first-order valence-electron chi connectivity index (χ1n) is 4.50. The molecule has 0 fully saturated rings. The third-order valence-electron chi connectivity index (χ3n) is 1.99. The van der Waals surface area contributed by atoms with Gasteiger partial charge in [0.2, 0.25) is 0 Å². The van der Waals surface area contributed by atoms with Crippen molar-refractivity contribution in [1.29, 1.82) is 0 Å². The lowest BCUT2D eigenvalue weighted by molar-refractivity contribution is 0.0690. The maximum Gasteiger partial charge on any atom is 0.354 e. The van der Waals surface area contributed by atoms with Crippen molar-refractivity contribution < 1.29 is 14.3 Å². The number of nitrogens with zero attached hydrogens (tertiary/aromatic N) is 2. The van der Waals surface area contributed by atoms with E-state index in [9.17, 15) is 9.18 Å². The Labute approximate surface area is 90.4 Å². The number of carboxylic acid groups (broad SMARTS) is 1. The van der Waals surface area contributed by atoms with Crippen LogP contribution in [0.4, 0.5) is 4.39 Å².